The van der Waals surface area contributed by atoms with Crippen LogP contribution in [-0.2, 0) is 6.18 Å². The van der Waals surface area contributed by atoms with Gasteiger partial charge in [0.05, 0.1) is 17.4 Å². The zero-order valence-corrected chi connectivity index (χ0v) is 14.9. The summed E-state index contributed by atoms with van der Waals surface area (Å²) in [6.07, 6.45) is -1.84. The number of carbonyl (C=O) groups excluding carboxylic acids is 1. The molecule has 1 aliphatic carbocycles. The smallest absolute Gasteiger partial charge is 0.338 e. The van der Waals surface area contributed by atoms with Crippen LogP contribution in [0.3, 0.4) is 0 Å². The number of aryl methyl sites for hydroxylation is 1. The summed E-state index contributed by atoms with van der Waals surface area (Å²) in [6, 6.07) is 6.56. The van der Waals surface area contributed by atoms with Gasteiger partial charge >= 0.3 is 6.18 Å². The summed E-state index contributed by atoms with van der Waals surface area (Å²) < 4.78 is 42.2. The van der Waals surface area contributed by atoms with Crippen LogP contribution in [0, 0.1) is 18.8 Å². The molecule has 144 valence electrons. The predicted octanol–water partition coefficient (Wildman–Crippen LogP) is 3.01. The van der Waals surface area contributed by atoms with E-state index in [0.29, 0.717) is 13.1 Å². The minimum absolute atomic E-state index is 0.0187. The Morgan fingerprint density at radius 2 is 1.89 bits per heavy atom. The Kier molecular flexibility index (Phi) is 4.25. The molecule has 2 aromatic rings. The van der Waals surface area contributed by atoms with Crippen LogP contribution in [-0.4, -0.2) is 39.7 Å². The average molecular weight is 378 g/mol. The van der Waals surface area contributed by atoms with Crippen molar-refractivity contribution in [2.75, 3.05) is 13.1 Å². The number of fused-ring (bicyclic) bond motifs is 1. The number of carbonyl (C=O) groups is 1. The van der Waals surface area contributed by atoms with Gasteiger partial charge in [-0.25, -0.2) is 4.68 Å². The van der Waals surface area contributed by atoms with Crippen LogP contribution in [0.5, 0.6) is 0 Å². The van der Waals surface area contributed by atoms with Gasteiger partial charge in [0, 0.05) is 19.1 Å². The molecule has 2 fully saturated rings. The zero-order valence-electron chi connectivity index (χ0n) is 14.9. The fraction of sp³-hybridized carbons (Fsp3) is 0.474. The summed E-state index contributed by atoms with van der Waals surface area (Å²) in [7, 11) is 0. The molecule has 27 heavy (non-hydrogen) atoms. The fourth-order valence-corrected chi connectivity index (χ4v) is 4.30. The van der Waals surface area contributed by atoms with Crippen molar-refractivity contribution in [1.29, 1.82) is 0 Å². The number of hydrogen-bond acceptors (Lipinski definition) is 3. The van der Waals surface area contributed by atoms with Crippen molar-refractivity contribution in [2.24, 2.45) is 17.6 Å². The normalized spacial score (nSPS) is 25.1. The molecule has 3 atom stereocenters. The van der Waals surface area contributed by atoms with E-state index in [4.69, 9.17) is 5.73 Å². The molecule has 2 N–H and O–H groups in total. The van der Waals surface area contributed by atoms with Crippen LogP contribution in [0.4, 0.5) is 13.2 Å². The number of rotatable bonds is 2. The Labute approximate surface area is 154 Å². The van der Waals surface area contributed by atoms with E-state index in [1.165, 1.54) is 4.90 Å². The molecule has 5 nitrogen and oxygen atoms in total. The third kappa shape index (κ3) is 3.12. The van der Waals surface area contributed by atoms with Crippen LogP contribution in [0.25, 0.3) is 5.69 Å². The Bertz CT molecular complexity index is 859. The largest absolute Gasteiger partial charge is 0.434 e. The maximum Gasteiger partial charge on any atom is 0.434 e. The van der Waals surface area contributed by atoms with Crippen LogP contribution >= 0.6 is 0 Å². The maximum absolute atomic E-state index is 13.8. The van der Waals surface area contributed by atoms with Crippen molar-refractivity contribution in [2.45, 2.75) is 32.0 Å². The van der Waals surface area contributed by atoms with Crippen LogP contribution in [0.2, 0.25) is 0 Å². The average Bonchev–Trinajstić information content (AvgIpc) is 3.30. The first-order valence-electron chi connectivity index (χ1n) is 9.03. The van der Waals surface area contributed by atoms with E-state index < -0.39 is 23.3 Å². The molecular weight excluding hydrogens is 357 g/mol. The molecule has 3 unspecified atom stereocenters. The summed E-state index contributed by atoms with van der Waals surface area (Å²) in [6.45, 7) is 2.73. The number of halogens is 3. The van der Waals surface area contributed by atoms with Crippen LogP contribution < -0.4 is 5.73 Å². The summed E-state index contributed by atoms with van der Waals surface area (Å²) in [5, 5.41) is 3.89. The molecule has 0 radical (unpaired) electrons. The van der Waals surface area contributed by atoms with Crippen LogP contribution in [0.1, 0.15) is 34.5 Å². The number of benzene rings is 1. The lowest BCUT2D eigenvalue weighted by molar-refractivity contribution is -0.143. The lowest BCUT2D eigenvalue weighted by Crippen LogP contribution is -2.34. The first-order chi connectivity index (χ1) is 12.8. The molecule has 2 aliphatic rings. The van der Waals surface area contributed by atoms with E-state index in [2.05, 4.69) is 5.10 Å². The second-order valence-corrected chi connectivity index (χ2v) is 7.53. The highest BCUT2D eigenvalue weighted by atomic mass is 19.4. The third-order valence-electron chi connectivity index (χ3n) is 5.75. The van der Waals surface area contributed by atoms with Gasteiger partial charge < -0.3 is 10.6 Å². The summed E-state index contributed by atoms with van der Waals surface area (Å²) in [5.41, 5.74) is 5.84. The lowest BCUT2D eigenvalue weighted by atomic mass is 9.98. The van der Waals surface area contributed by atoms with Crippen molar-refractivity contribution in [3.05, 3.63) is 47.3 Å². The van der Waals surface area contributed by atoms with E-state index in [-0.39, 0.29) is 23.6 Å². The number of amides is 1. The van der Waals surface area contributed by atoms with Gasteiger partial charge in [-0.1, -0.05) is 17.7 Å². The van der Waals surface area contributed by atoms with E-state index in [1.807, 2.05) is 6.92 Å². The van der Waals surface area contributed by atoms with Crippen molar-refractivity contribution >= 4 is 5.91 Å². The molecule has 1 aromatic carbocycles. The molecule has 1 aliphatic heterocycles. The van der Waals surface area contributed by atoms with E-state index in [1.54, 1.807) is 24.3 Å². The highest BCUT2D eigenvalue weighted by molar-refractivity contribution is 5.95. The maximum atomic E-state index is 13.8. The molecule has 0 bridgehead atoms. The van der Waals surface area contributed by atoms with Crippen molar-refractivity contribution in [3.63, 3.8) is 0 Å². The molecule has 1 amide bonds. The number of alkyl halides is 3. The topological polar surface area (TPSA) is 64.2 Å². The second kappa shape index (κ2) is 6.37. The minimum Gasteiger partial charge on any atom is -0.338 e. The Morgan fingerprint density at radius 1 is 1.19 bits per heavy atom. The Morgan fingerprint density at radius 3 is 2.52 bits per heavy atom. The first kappa shape index (κ1) is 18.0. The van der Waals surface area contributed by atoms with Gasteiger partial charge in [0.1, 0.15) is 0 Å². The molecule has 4 rings (SSSR count). The number of nitrogens with zero attached hydrogens (tertiary/aromatic N) is 3. The fourth-order valence-electron chi connectivity index (χ4n) is 4.30. The van der Waals surface area contributed by atoms with Gasteiger partial charge in [0.25, 0.3) is 5.91 Å². The molecular formula is C19H21F3N4O. The van der Waals surface area contributed by atoms with Gasteiger partial charge in [-0.15, -0.1) is 0 Å². The lowest BCUT2D eigenvalue weighted by Gasteiger charge is -2.20. The highest BCUT2D eigenvalue weighted by Gasteiger charge is 2.46. The van der Waals surface area contributed by atoms with Gasteiger partial charge in [-0.05, 0) is 43.7 Å². The summed E-state index contributed by atoms with van der Waals surface area (Å²) in [5.74, 6) is -0.164. The Balaban J connectivity index is 1.69. The van der Waals surface area contributed by atoms with Crippen molar-refractivity contribution in [1.82, 2.24) is 14.7 Å². The standard InChI is InChI=1S/C19H21F3N4O/c1-11-2-5-13(6-3-11)26-17(19(20,21)22)14(8-24-26)18(27)25-9-12-4-7-16(23)15(12)10-25/h2-3,5-6,8,12,15-16H,4,7,9-10,23H2,1H3. The third-order valence-corrected chi connectivity index (χ3v) is 5.75. The van der Waals surface area contributed by atoms with E-state index in [0.717, 1.165) is 29.3 Å². The quantitative estimate of drug-likeness (QED) is 0.874. The molecule has 1 aromatic heterocycles. The van der Waals surface area contributed by atoms with Crippen LogP contribution in [0.15, 0.2) is 30.5 Å². The van der Waals surface area contributed by atoms with Gasteiger partial charge in [-0.3, -0.25) is 4.79 Å². The summed E-state index contributed by atoms with van der Waals surface area (Å²) >= 11 is 0. The van der Waals surface area contributed by atoms with Crippen molar-refractivity contribution < 1.29 is 18.0 Å². The zero-order chi connectivity index (χ0) is 19.3. The highest BCUT2D eigenvalue weighted by Crippen LogP contribution is 2.39. The molecule has 1 saturated heterocycles. The summed E-state index contributed by atoms with van der Waals surface area (Å²) in [4.78, 5) is 14.4. The minimum atomic E-state index is -4.70. The van der Waals surface area contributed by atoms with E-state index >= 15 is 0 Å². The number of hydrogen-bond donors (Lipinski definition) is 1. The monoisotopic (exact) mass is 378 g/mol. The molecule has 2 heterocycles. The second-order valence-electron chi connectivity index (χ2n) is 7.53. The number of nitrogens with two attached hydrogens (primary N) is 1. The molecule has 0 spiro atoms. The first-order valence-corrected chi connectivity index (χ1v) is 9.03. The van der Waals surface area contributed by atoms with Gasteiger partial charge in [-0.2, -0.15) is 18.3 Å². The predicted molar refractivity (Wildman–Crippen MR) is 93.4 cm³/mol. The van der Waals surface area contributed by atoms with Gasteiger partial charge in [0.2, 0.25) is 0 Å². The van der Waals surface area contributed by atoms with E-state index in [9.17, 15) is 18.0 Å². The SMILES string of the molecule is Cc1ccc(-n2ncc(C(=O)N3CC4CCC(N)C4C3)c2C(F)(F)F)cc1. The Hall–Kier alpha value is -2.35. The van der Waals surface area contributed by atoms with Crippen molar-refractivity contribution in [3.8, 4) is 5.69 Å². The molecule has 8 heteroatoms. The van der Waals surface area contributed by atoms with Gasteiger partial charge in [0.15, 0.2) is 5.69 Å². The molecule has 1 saturated carbocycles. The number of aromatic nitrogens is 2. The number of likely N-dealkylation sites (tertiary alicyclic amines) is 1.